The number of amides is 2. The summed E-state index contributed by atoms with van der Waals surface area (Å²) in [6, 6.07) is -2.05. The molecule has 0 bridgehead atoms. The smallest absolute Gasteiger partial charge is 0.326 e. The van der Waals surface area contributed by atoms with Crippen molar-refractivity contribution >= 4 is 35.5 Å². The van der Waals surface area contributed by atoms with Crippen LogP contribution in [0.1, 0.15) is 19.3 Å². The molecule has 0 aliphatic rings. The van der Waals surface area contributed by atoms with Crippen molar-refractivity contribution in [2.45, 2.75) is 31.3 Å². The zero-order chi connectivity index (χ0) is 17.1. The fourth-order valence-electron chi connectivity index (χ4n) is 1.44. The predicted molar refractivity (Wildman–Crippen MR) is 80.4 cm³/mol. The number of rotatable bonds is 11. The molecule has 0 aromatic heterocycles. The predicted octanol–water partition coefficient (Wildman–Crippen LogP) is -1.38. The monoisotopic (exact) mass is 335 g/mol. The third-order valence-electron chi connectivity index (χ3n) is 2.67. The number of carboxylic acid groups (broad SMARTS) is 2. The maximum Gasteiger partial charge on any atom is 0.326 e. The Morgan fingerprint density at radius 3 is 2.32 bits per heavy atom. The summed E-state index contributed by atoms with van der Waals surface area (Å²) in [5.41, 5.74) is 5.60. The first-order chi connectivity index (χ1) is 10.3. The lowest BCUT2D eigenvalue weighted by molar-refractivity contribution is -0.143. The van der Waals surface area contributed by atoms with E-state index in [2.05, 4.69) is 10.6 Å². The molecule has 0 aliphatic carbocycles. The molecule has 0 saturated carbocycles. The molecular weight excluding hydrogens is 314 g/mol. The maximum atomic E-state index is 11.6. The molecule has 0 unspecified atom stereocenters. The van der Waals surface area contributed by atoms with Gasteiger partial charge in [0.15, 0.2) is 0 Å². The van der Waals surface area contributed by atoms with Crippen molar-refractivity contribution < 1.29 is 29.4 Å². The van der Waals surface area contributed by atoms with Gasteiger partial charge in [-0.1, -0.05) is 0 Å². The molecule has 0 fully saturated rings. The van der Waals surface area contributed by atoms with E-state index in [9.17, 15) is 19.2 Å². The Morgan fingerprint density at radius 2 is 1.82 bits per heavy atom. The van der Waals surface area contributed by atoms with E-state index < -0.39 is 42.4 Å². The maximum absolute atomic E-state index is 11.6. The van der Waals surface area contributed by atoms with Crippen LogP contribution >= 0.6 is 11.8 Å². The van der Waals surface area contributed by atoms with E-state index in [0.717, 1.165) is 0 Å². The second-order valence-corrected chi connectivity index (χ2v) is 5.48. The lowest BCUT2D eigenvalue weighted by atomic mass is 10.1. The first-order valence-corrected chi connectivity index (χ1v) is 7.93. The highest BCUT2D eigenvalue weighted by Gasteiger charge is 2.21. The van der Waals surface area contributed by atoms with E-state index in [1.165, 1.54) is 11.8 Å². The molecule has 126 valence electrons. The van der Waals surface area contributed by atoms with Crippen molar-refractivity contribution in [2.24, 2.45) is 5.73 Å². The van der Waals surface area contributed by atoms with E-state index in [0.29, 0.717) is 12.2 Å². The van der Waals surface area contributed by atoms with Gasteiger partial charge in [-0.25, -0.2) is 4.79 Å². The Morgan fingerprint density at radius 1 is 1.18 bits per heavy atom. The van der Waals surface area contributed by atoms with Crippen molar-refractivity contribution in [1.29, 1.82) is 0 Å². The lowest BCUT2D eigenvalue weighted by Crippen LogP contribution is -2.48. The first kappa shape index (κ1) is 20.2. The van der Waals surface area contributed by atoms with Gasteiger partial charge in [-0.05, 0) is 24.9 Å². The van der Waals surface area contributed by atoms with Gasteiger partial charge in [-0.2, -0.15) is 11.8 Å². The summed E-state index contributed by atoms with van der Waals surface area (Å²) in [6.45, 7) is -0.414. The number of carboxylic acids is 2. The fourth-order valence-corrected chi connectivity index (χ4v) is 1.93. The summed E-state index contributed by atoms with van der Waals surface area (Å²) in [5.74, 6) is -3.01. The summed E-state index contributed by atoms with van der Waals surface area (Å²) in [5, 5.41) is 21.8. The molecule has 2 atom stereocenters. The Labute approximate surface area is 132 Å². The highest BCUT2D eigenvalue weighted by molar-refractivity contribution is 7.98. The van der Waals surface area contributed by atoms with Crippen molar-refractivity contribution in [3.8, 4) is 0 Å². The van der Waals surface area contributed by atoms with E-state index in [1.807, 2.05) is 6.26 Å². The normalized spacial score (nSPS) is 13.0. The summed E-state index contributed by atoms with van der Waals surface area (Å²) in [4.78, 5) is 44.4. The molecule has 0 saturated heterocycles. The minimum Gasteiger partial charge on any atom is -0.481 e. The van der Waals surface area contributed by atoms with Crippen LogP contribution < -0.4 is 16.4 Å². The van der Waals surface area contributed by atoms with Gasteiger partial charge in [0.2, 0.25) is 11.8 Å². The SMILES string of the molecule is CSCC[C@H](N)C(=O)NCC(=O)N[C@@H](CCC(=O)O)C(=O)O. The molecule has 2 amide bonds. The van der Waals surface area contributed by atoms with Crippen LogP contribution in [0, 0.1) is 0 Å². The highest BCUT2D eigenvalue weighted by atomic mass is 32.2. The van der Waals surface area contributed by atoms with Gasteiger partial charge >= 0.3 is 11.9 Å². The summed E-state index contributed by atoms with van der Waals surface area (Å²) < 4.78 is 0. The standard InChI is InChI=1S/C12H21N3O6S/c1-22-5-4-7(13)11(19)14-6-9(16)15-8(12(20)21)2-3-10(17)18/h7-8H,2-6,13H2,1H3,(H,14,19)(H,15,16)(H,17,18)(H,20,21)/t7-,8-/m0/s1. The zero-order valence-corrected chi connectivity index (χ0v) is 13.0. The Bertz CT molecular complexity index is 418. The van der Waals surface area contributed by atoms with E-state index >= 15 is 0 Å². The number of aliphatic carboxylic acids is 2. The van der Waals surface area contributed by atoms with E-state index in [4.69, 9.17) is 15.9 Å². The molecule has 6 N–H and O–H groups in total. The minimum atomic E-state index is -1.34. The molecule has 0 radical (unpaired) electrons. The van der Waals surface area contributed by atoms with Crippen LogP contribution in [0.25, 0.3) is 0 Å². The third kappa shape index (κ3) is 9.19. The van der Waals surface area contributed by atoms with Gasteiger partial charge in [0.1, 0.15) is 6.04 Å². The second kappa shape index (κ2) is 10.9. The van der Waals surface area contributed by atoms with Gasteiger partial charge in [0, 0.05) is 6.42 Å². The van der Waals surface area contributed by atoms with Gasteiger partial charge in [0.05, 0.1) is 12.6 Å². The number of carbonyl (C=O) groups is 4. The van der Waals surface area contributed by atoms with Crippen molar-refractivity contribution in [1.82, 2.24) is 10.6 Å². The van der Waals surface area contributed by atoms with Crippen molar-refractivity contribution in [3.05, 3.63) is 0 Å². The summed E-state index contributed by atoms with van der Waals surface area (Å²) >= 11 is 1.54. The van der Waals surface area contributed by atoms with Crippen LogP contribution in [0.2, 0.25) is 0 Å². The number of hydrogen-bond acceptors (Lipinski definition) is 6. The zero-order valence-electron chi connectivity index (χ0n) is 12.2. The van der Waals surface area contributed by atoms with E-state index in [-0.39, 0.29) is 12.8 Å². The number of thioether (sulfide) groups is 1. The molecule has 9 nitrogen and oxygen atoms in total. The molecule has 0 rings (SSSR count). The molecule has 10 heteroatoms. The van der Waals surface area contributed by atoms with Crippen LogP contribution in [0.15, 0.2) is 0 Å². The number of hydrogen-bond donors (Lipinski definition) is 5. The Kier molecular flexibility index (Phi) is 9.96. The molecule has 0 aliphatic heterocycles. The number of carbonyl (C=O) groups excluding carboxylic acids is 2. The van der Waals surface area contributed by atoms with Gasteiger partial charge in [-0.3, -0.25) is 14.4 Å². The van der Waals surface area contributed by atoms with Crippen LogP contribution in [0.3, 0.4) is 0 Å². The fraction of sp³-hybridized carbons (Fsp3) is 0.667. The van der Waals surface area contributed by atoms with Gasteiger partial charge in [0.25, 0.3) is 0 Å². The minimum absolute atomic E-state index is 0.239. The number of nitrogens with one attached hydrogen (secondary N) is 2. The van der Waals surface area contributed by atoms with Crippen molar-refractivity contribution in [2.75, 3.05) is 18.6 Å². The second-order valence-electron chi connectivity index (χ2n) is 4.50. The van der Waals surface area contributed by atoms with Crippen LogP contribution in [0.4, 0.5) is 0 Å². The molecule has 22 heavy (non-hydrogen) atoms. The average molecular weight is 335 g/mol. The van der Waals surface area contributed by atoms with Gasteiger partial charge in [-0.15, -0.1) is 0 Å². The van der Waals surface area contributed by atoms with Gasteiger partial charge < -0.3 is 26.6 Å². The Balaban J connectivity index is 4.21. The quantitative estimate of drug-likeness (QED) is 0.309. The molecule has 0 aromatic rings. The largest absolute Gasteiger partial charge is 0.481 e. The van der Waals surface area contributed by atoms with E-state index in [1.54, 1.807) is 0 Å². The molecule has 0 heterocycles. The molecule has 0 aromatic carbocycles. The average Bonchev–Trinajstić information content (AvgIpc) is 2.45. The molecular formula is C12H21N3O6S. The summed E-state index contributed by atoms with van der Waals surface area (Å²) in [7, 11) is 0. The van der Waals surface area contributed by atoms with Crippen LogP contribution in [-0.2, 0) is 19.2 Å². The van der Waals surface area contributed by atoms with Crippen LogP contribution in [-0.4, -0.2) is 64.6 Å². The topological polar surface area (TPSA) is 159 Å². The summed E-state index contributed by atoms with van der Waals surface area (Å²) in [6.07, 6.45) is 1.72. The molecule has 0 spiro atoms. The lowest BCUT2D eigenvalue weighted by Gasteiger charge is -2.15. The Hall–Kier alpha value is -1.81. The first-order valence-electron chi connectivity index (χ1n) is 6.54. The highest BCUT2D eigenvalue weighted by Crippen LogP contribution is 1.99. The third-order valence-corrected chi connectivity index (χ3v) is 3.32. The van der Waals surface area contributed by atoms with Crippen molar-refractivity contribution in [3.63, 3.8) is 0 Å². The van der Waals surface area contributed by atoms with Crippen LogP contribution in [0.5, 0.6) is 0 Å². The number of nitrogens with two attached hydrogens (primary N) is 1.